The van der Waals surface area contributed by atoms with Crippen LogP contribution in [-0.4, -0.2) is 35.5 Å². The van der Waals surface area contributed by atoms with Crippen molar-refractivity contribution in [3.63, 3.8) is 0 Å². The molecule has 2 aromatic carbocycles. The van der Waals surface area contributed by atoms with Crippen LogP contribution in [0.15, 0.2) is 36.4 Å². The molecule has 0 spiro atoms. The third-order valence-corrected chi connectivity index (χ3v) is 5.01. The Morgan fingerprint density at radius 3 is 1.15 bits per heavy atom. The molecule has 0 aliphatic rings. The summed E-state index contributed by atoms with van der Waals surface area (Å²) in [5.74, 6) is -32.4. The van der Waals surface area contributed by atoms with E-state index in [4.69, 9.17) is 0 Å². The molecular weight excluding hydrogens is 476 g/mol. The molecule has 4 nitrogen and oxygen atoms in total. The van der Waals surface area contributed by atoms with Gasteiger partial charge in [-0.15, -0.1) is 0 Å². The van der Waals surface area contributed by atoms with E-state index in [-0.39, 0.29) is 11.1 Å². The van der Waals surface area contributed by atoms with Crippen LogP contribution in [0.4, 0.5) is 46.5 Å². The highest BCUT2D eigenvalue weighted by Gasteiger charge is 2.84. The van der Waals surface area contributed by atoms with E-state index < -0.39 is 46.9 Å². The zero-order valence-electron chi connectivity index (χ0n) is 18.3. The number of anilines is 2. The number of hydrogen-bond donors (Lipinski definition) is 2. The topological polar surface area (TPSA) is 58.2 Å². The first-order valence-electron chi connectivity index (χ1n) is 9.65. The van der Waals surface area contributed by atoms with Gasteiger partial charge < -0.3 is 10.6 Å². The van der Waals surface area contributed by atoms with Crippen LogP contribution in [0.25, 0.3) is 0 Å². The van der Waals surface area contributed by atoms with Gasteiger partial charge in [0.25, 0.3) is 0 Å². The van der Waals surface area contributed by atoms with Gasteiger partial charge in [0.15, 0.2) is 0 Å². The summed E-state index contributed by atoms with van der Waals surface area (Å²) in [4.78, 5) is 23.6. The van der Waals surface area contributed by atoms with Gasteiger partial charge in [0.05, 0.1) is 0 Å². The number of aryl methyl sites for hydroxylation is 4. The number of benzene rings is 2. The van der Waals surface area contributed by atoms with Crippen molar-refractivity contribution in [2.24, 2.45) is 0 Å². The van der Waals surface area contributed by atoms with E-state index in [9.17, 15) is 44.7 Å². The van der Waals surface area contributed by atoms with Crippen molar-refractivity contribution in [1.29, 1.82) is 0 Å². The monoisotopic (exact) mass is 496 g/mol. The zero-order chi connectivity index (χ0) is 26.3. The maximum Gasteiger partial charge on any atom is 0.393 e. The highest BCUT2D eigenvalue weighted by molar-refractivity contribution is 5.99. The van der Waals surface area contributed by atoms with Gasteiger partial charge in [0.1, 0.15) is 0 Å². The summed E-state index contributed by atoms with van der Waals surface area (Å²) < 4.78 is 114. The molecule has 0 aliphatic heterocycles. The van der Waals surface area contributed by atoms with Crippen molar-refractivity contribution in [3.8, 4) is 0 Å². The highest BCUT2D eigenvalue weighted by Crippen LogP contribution is 2.53. The molecular formula is C22H20F8N2O2. The minimum atomic E-state index is -6.95. The smallest absolute Gasteiger partial charge is 0.320 e. The fourth-order valence-electron chi connectivity index (χ4n) is 2.99. The lowest BCUT2D eigenvalue weighted by Crippen LogP contribution is -2.67. The van der Waals surface area contributed by atoms with Crippen LogP contribution in [0.5, 0.6) is 0 Å². The lowest BCUT2D eigenvalue weighted by Gasteiger charge is -2.35. The average molecular weight is 496 g/mol. The Kier molecular flexibility index (Phi) is 7.07. The van der Waals surface area contributed by atoms with E-state index in [1.54, 1.807) is 13.8 Å². The van der Waals surface area contributed by atoms with Gasteiger partial charge in [0, 0.05) is 11.4 Å². The Labute approximate surface area is 189 Å². The quantitative estimate of drug-likeness (QED) is 0.460. The van der Waals surface area contributed by atoms with Crippen LogP contribution >= 0.6 is 0 Å². The summed E-state index contributed by atoms with van der Waals surface area (Å²) in [6.45, 7) is 5.79. The number of carbonyl (C=O) groups excluding carboxylic acids is 2. The summed E-state index contributed by atoms with van der Waals surface area (Å²) >= 11 is 0. The third-order valence-electron chi connectivity index (χ3n) is 5.01. The summed E-state index contributed by atoms with van der Waals surface area (Å²) in [6, 6.07) is 7.43. The predicted octanol–water partition coefficient (Wildman–Crippen LogP) is 6.04. The van der Waals surface area contributed by atoms with Crippen molar-refractivity contribution in [2.45, 2.75) is 51.4 Å². The third kappa shape index (κ3) is 4.58. The van der Waals surface area contributed by atoms with E-state index >= 15 is 0 Å². The number of halogens is 8. The van der Waals surface area contributed by atoms with Gasteiger partial charge in [-0.1, -0.05) is 35.4 Å². The van der Waals surface area contributed by atoms with Gasteiger partial charge in [-0.2, -0.15) is 35.1 Å². The lowest BCUT2D eigenvalue weighted by atomic mass is 9.97. The summed E-state index contributed by atoms with van der Waals surface area (Å²) in [5.41, 5.74) is 0.611. The van der Waals surface area contributed by atoms with Gasteiger partial charge in [0.2, 0.25) is 0 Å². The van der Waals surface area contributed by atoms with Crippen LogP contribution in [0.1, 0.15) is 22.3 Å². The minimum Gasteiger partial charge on any atom is -0.320 e. The van der Waals surface area contributed by atoms with Gasteiger partial charge in [-0.25, -0.2) is 0 Å². The molecule has 0 bridgehead atoms. The molecule has 2 amide bonds. The molecule has 0 aliphatic carbocycles. The highest BCUT2D eigenvalue weighted by atomic mass is 19.4. The van der Waals surface area contributed by atoms with Gasteiger partial charge in [-0.3, -0.25) is 9.59 Å². The fraction of sp³-hybridized carbons (Fsp3) is 0.364. The predicted molar refractivity (Wildman–Crippen MR) is 109 cm³/mol. The summed E-state index contributed by atoms with van der Waals surface area (Å²) in [7, 11) is 0. The second-order valence-electron chi connectivity index (χ2n) is 7.84. The number of hydrogen-bond acceptors (Lipinski definition) is 2. The minimum absolute atomic E-state index is 0.123. The average Bonchev–Trinajstić information content (AvgIpc) is 2.71. The fourth-order valence-corrected chi connectivity index (χ4v) is 2.99. The lowest BCUT2D eigenvalue weighted by molar-refractivity contribution is -0.345. The number of nitrogens with one attached hydrogen (secondary N) is 2. The Bertz CT molecular complexity index is 1030. The van der Waals surface area contributed by atoms with E-state index in [1.165, 1.54) is 48.7 Å². The zero-order valence-corrected chi connectivity index (χ0v) is 18.3. The number of carbonyl (C=O) groups is 2. The molecule has 0 saturated heterocycles. The number of alkyl halides is 8. The Balaban J connectivity index is 2.36. The van der Waals surface area contributed by atoms with Crippen LogP contribution in [0, 0.1) is 27.7 Å². The van der Waals surface area contributed by atoms with E-state index in [2.05, 4.69) is 0 Å². The van der Waals surface area contributed by atoms with Crippen LogP contribution in [-0.2, 0) is 9.59 Å². The molecule has 12 heteroatoms. The Hall–Kier alpha value is -3.18. The van der Waals surface area contributed by atoms with E-state index in [0.29, 0.717) is 11.1 Å². The van der Waals surface area contributed by atoms with Gasteiger partial charge in [-0.05, 0) is 51.0 Å². The molecule has 2 aromatic rings. The van der Waals surface area contributed by atoms with Crippen molar-refractivity contribution in [1.82, 2.24) is 0 Å². The second-order valence-corrected chi connectivity index (χ2v) is 7.84. The summed E-state index contributed by atoms with van der Waals surface area (Å²) in [6.07, 6.45) is 0. The molecule has 0 saturated carbocycles. The standard InChI is InChI=1S/C22H20F8N2O2/c1-11-5-7-15(13(3)9-11)31-17(33)19(23,24)21(27,28)22(29,30)20(25,26)18(34)32-16-8-6-12(2)10-14(16)4/h5-10H,1-4H3,(H,31,33)(H,32,34). The van der Waals surface area contributed by atoms with E-state index in [0.717, 1.165) is 12.1 Å². The molecule has 186 valence electrons. The van der Waals surface area contributed by atoms with Crippen molar-refractivity contribution >= 4 is 23.2 Å². The van der Waals surface area contributed by atoms with Crippen LogP contribution in [0.3, 0.4) is 0 Å². The molecule has 0 unspecified atom stereocenters. The number of rotatable bonds is 7. The van der Waals surface area contributed by atoms with Crippen molar-refractivity contribution < 1.29 is 44.7 Å². The molecule has 0 atom stereocenters. The maximum absolute atomic E-state index is 14.2. The molecule has 34 heavy (non-hydrogen) atoms. The Morgan fingerprint density at radius 2 is 0.882 bits per heavy atom. The molecule has 0 aromatic heterocycles. The normalized spacial score (nSPS) is 12.9. The molecule has 2 N–H and O–H groups in total. The van der Waals surface area contributed by atoms with E-state index in [1.807, 2.05) is 0 Å². The molecule has 2 rings (SSSR count). The maximum atomic E-state index is 14.2. The van der Waals surface area contributed by atoms with Crippen LogP contribution in [0.2, 0.25) is 0 Å². The molecule has 0 radical (unpaired) electrons. The SMILES string of the molecule is Cc1ccc(NC(=O)C(F)(F)C(F)(F)C(F)(F)C(F)(F)C(=O)Nc2ccc(C)cc2C)c(C)c1. The Morgan fingerprint density at radius 1 is 0.588 bits per heavy atom. The van der Waals surface area contributed by atoms with Crippen LogP contribution < -0.4 is 10.6 Å². The molecule has 0 heterocycles. The first kappa shape index (κ1) is 27.1. The largest absolute Gasteiger partial charge is 0.393 e. The second kappa shape index (κ2) is 8.88. The number of amides is 2. The van der Waals surface area contributed by atoms with Crippen molar-refractivity contribution in [3.05, 3.63) is 58.7 Å². The van der Waals surface area contributed by atoms with Gasteiger partial charge >= 0.3 is 35.5 Å². The molecule has 0 fully saturated rings. The first-order chi connectivity index (χ1) is 15.4. The van der Waals surface area contributed by atoms with Crippen molar-refractivity contribution in [2.75, 3.05) is 10.6 Å². The summed E-state index contributed by atoms with van der Waals surface area (Å²) in [5, 5.41) is 2.68. The first-order valence-corrected chi connectivity index (χ1v) is 9.65.